The van der Waals surface area contributed by atoms with Crippen molar-refractivity contribution in [2.45, 2.75) is 57.0 Å². The van der Waals surface area contributed by atoms with Gasteiger partial charge in [-0.05, 0) is 45.8 Å². The van der Waals surface area contributed by atoms with Crippen LogP contribution in [0.5, 0.6) is 0 Å². The van der Waals surface area contributed by atoms with Gasteiger partial charge in [-0.3, -0.25) is 4.90 Å². The van der Waals surface area contributed by atoms with E-state index >= 15 is 0 Å². The predicted octanol–water partition coefficient (Wildman–Crippen LogP) is 2.00. The van der Waals surface area contributed by atoms with E-state index in [-0.39, 0.29) is 0 Å². The van der Waals surface area contributed by atoms with Crippen molar-refractivity contribution in [3.63, 3.8) is 0 Å². The minimum absolute atomic E-state index is 0.771. The molecule has 2 rings (SSSR count). The van der Waals surface area contributed by atoms with Crippen LogP contribution in [-0.2, 0) is 0 Å². The van der Waals surface area contributed by atoms with E-state index in [4.69, 9.17) is 0 Å². The lowest BCUT2D eigenvalue weighted by atomic mass is 10.1. The highest BCUT2D eigenvalue weighted by Crippen LogP contribution is 2.26. The van der Waals surface area contributed by atoms with Gasteiger partial charge in [0.15, 0.2) is 0 Å². The van der Waals surface area contributed by atoms with Gasteiger partial charge in [-0.2, -0.15) is 0 Å². The first-order valence-corrected chi connectivity index (χ1v) is 6.33. The highest BCUT2D eigenvalue weighted by atomic mass is 15.2. The molecule has 0 bridgehead atoms. The Balaban J connectivity index is 1.91. The molecule has 0 spiro atoms. The molecule has 2 fully saturated rings. The number of nitrogens with one attached hydrogen (secondary N) is 1. The van der Waals surface area contributed by atoms with Gasteiger partial charge in [-0.25, -0.2) is 0 Å². The maximum absolute atomic E-state index is 3.49. The van der Waals surface area contributed by atoms with Crippen LogP contribution < -0.4 is 5.32 Å². The topological polar surface area (TPSA) is 15.3 Å². The molecule has 1 heterocycles. The molecule has 2 aliphatic rings. The molecular weight excluding hydrogens is 172 g/mol. The largest absolute Gasteiger partial charge is 0.315 e. The second-order valence-electron chi connectivity index (χ2n) is 4.84. The first-order valence-electron chi connectivity index (χ1n) is 6.33. The van der Waals surface area contributed by atoms with Crippen molar-refractivity contribution in [2.75, 3.05) is 20.1 Å². The van der Waals surface area contributed by atoms with Crippen LogP contribution in [-0.4, -0.2) is 37.1 Å². The van der Waals surface area contributed by atoms with Gasteiger partial charge < -0.3 is 5.32 Å². The quantitative estimate of drug-likeness (QED) is 0.727. The van der Waals surface area contributed by atoms with Gasteiger partial charge in [0, 0.05) is 12.1 Å². The van der Waals surface area contributed by atoms with Crippen LogP contribution in [0.2, 0.25) is 0 Å². The van der Waals surface area contributed by atoms with Crippen LogP contribution in [0.1, 0.15) is 44.9 Å². The Kier molecular flexibility index (Phi) is 3.82. The number of likely N-dealkylation sites (tertiary alicyclic amines) is 1. The summed E-state index contributed by atoms with van der Waals surface area (Å²) in [6, 6.07) is 1.62. The Hall–Kier alpha value is -0.0800. The normalized spacial score (nSPS) is 35.8. The first kappa shape index (κ1) is 10.4. The van der Waals surface area contributed by atoms with E-state index in [1.807, 2.05) is 0 Å². The molecule has 2 atom stereocenters. The zero-order valence-corrected chi connectivity index (χ0v) is 9.47. The highest BCUT2D eigenvalue weighted by molar-refractivity contribution is 4.90. The second-order valence-corrected chi connectivity index (χ2v) is 4.84. The van der Waals surface area contributed by atoms with Crippen molar-refractivity contribution in [3.05, 3.63) is 0 Å². The van der Waals surface area contributed by atoms with Crippen molar-refractivity contribution in [3.8, 4) is 0 Å². The number of hydrogen-bond acceptors (Lipinski definition) is 2. The van der Waals surface area contributed by atoms with E-state index in [2.05, 4.69) is 17.3 Å². The average molecular weight is 196 g/mol. The predicted molar refractivity (Wildman–Crippen MR) is 60.5 cm³/mol. The third kappa shape index (κ3) is 2.29. The van der Waals surface area contributed by atoms with Crippen LogP contribution in [0.25, 0.3) is 0 Å². The van der Waals surface area contributed by atoms with Crippen LogP contribution in [0.4, 0.5) is 0 Å². The maximum atomic E-state index is 3.49. The summed E-state index contributed by atoms with van der Waals surface area (Å²) in [6.07, 6.45) is 9.98. The molecule has 1 aliphatic heterocycles. The van der Waals surface area contributed by atoms with Crippen molar-refractivity contribution >= 4 is 0 Å². The van der Waals surface area contributed by atoms with Gasteiger partial charge >= 0.3 is 0 Å². The molecule has 2 heteroatoms. The van der Waals surface area contributed by atoms with Gasteiger partial charge in [-0.15, -0.1) is 0 Å². The molecule has 2 nitrogen and oxygen atoms in total. The van der Waals surface area contributed by atoms with E-state index in [0.717, 1.165) is 12.1 Å². The Bertz CT molecular complexity index is 162. The summed E-state index contributed by atoms with van der Waals surface area (Å²) in [7, 11) is 2.13. The molecule has 0 radical (unpaired) electrons. The van der Waals surface area contributed by atoms with Crippen LogP contribution in [0.15, 0.2) is 0 Å². The molecule has 0 amide bonds. The number of hydrogen-bond donors (Lipinski definition) is 1. The van der Waals surface area contributed by atoms with Crippen molar-refractivity contribution in [1.82, 2.24) is 10.2 Å². The number of rotatable bonds is 2. The summed E-state index contributed by atoms with van der Waals surface area (Å²) >= 11 is 0. The molecule has 1 aliphatic carbocycles. The fourth-order valence-electron chi connectivity index (χ4n) is 3.14. The summed E-state index contributed by atoms with van der Waals surface area (Å²) in [5, 5.41) is 3.49. The lowest BCUT2D eigenvalue weighted by Gasteiger charge is -2.31. The number of nitrogens with zero attached hydrogens (tertiary/aromatic N) is 1. The second kappa shape index (κ2) is 5.13. The molecule has 0 aromatic carbocycles. The van der Waals surface area contributed by atoms with Crippen LogP contribution in [0.3, 0.4) is 0 Å². The SMILES string of the molecule is CNC1CCCC1N1CCCCCC1. The molecule has 14 heavy (non-hydrogen) atoms. The molecule has 82 valence electrons. The molecule has 2 unspecified atom stereocenters. The van der Waals surface area contributed by atoms with E-state index in [0.29, 0.717) is 0 Å². The van der Waals surface area contributed by atoms with Gasteiger partial charge in [-0.1, -0.05) is 19.3 Å². The van der Waals surface area contributed by atoms with Crippen LogP contribution >= 0.6 is 0 Å². The van der Waals surface area contributed by atoms with Crippen LogP contribution in [0, 0.1) is 0 Å². The van der Waals surface area contributed by atoms with Gasteiger partial charge in [0.25, 0.3) is 0 Å². The van der Waals surface area contributed by atoms with Crippen molar-refractivity contribution in [2.24, 2.45) is 0 Å². The number of likely N-dealkylation sites (N-methyl/N-ethyl adjacent to an activating group) is 1. The third-order valence-electron chi connectivity index (χ3n) is 3.96. The molecule has 0 aromatic heterocycles. The summed E-state index contributed by atoms with van der Waals surface area (Å²) in [6.45, 7) is 2.70. The molecule has 1 saturated heterocycles. The lowest BCUT2D eigenvalue weighted by molar-refractivity contribution is 0.182. The molecule has 1 saturated carbocycles. The van der Waals surface area contributed by atoms with Crippen molar-refractivity contribution < 1.29 is 0 Å². The zero-order chi connectivity index (χ0) is 9.80. The highest BCUT2D eigenvalue weighted by Gasteiger charge is 2.30. The summed E-state index contributed by atoms with van der Waals surface area (Å²) in [5.41, 5.74) is 0. The van der Waals surface area contributed by atoms with Gasteiger partial charge in [0.1, 0.15) is 0 Å². The average Bonchev–Trinajstić information content (AvgIpc) is 2.52. The molecule has 1 N–H and O–H groups in total. The van der Waals surface area contributed by atoms with E-state index in [1.54, 1.807) is 0 Å². The summed E-state index contributed by atoms with van der Waals surface area (Å²) < 4.78 is 0. The Morgan fingerprint density at radius 3 is 2.29 bits per heavy atom. The third-order valence-corrected chi connectivity index (χ3v) is 3.96. The standard InChI is InChI=1S/C12H24N2/c1-13-11-7-6-8-12(11)14-9-4-2-3-5-10-14/h11-13H,2-10H2,1H3. The Labute approximate surface area is 88.1 Å². The zero-order valence-electron chi connectivity index (χ0n) is 9.47. The smallest absolute Gasteiger partial charge is 0.0249 e. The van der Waals surface area contributed by atoms with Crippen molar-refractivity contribution in [1.29, 1.82) is 0 Å². The molecular formula is C12H24N2. The van der Waals surface area contributed by atoms with Gasteiger partial charge in [0.2, 0.25) is 0 Å². The van der Waals surface area contributed by atoms with E-state index < -0.39 is 0 Å². The summed E-state index contributed by atoms with van der Waals surface area (Å²) in [4.78, 5) is 2.75. The summed E-state index contributed by atoms with van der Waals surface area (Å²) in [5.74, 6) is 0. The lowest BCUT2D eigenvalue weighted by Crippen LogP contribution is -2.46. The van der Waals surface area contributed by atoms with Gasteiger partial charge in [0.05, 0.1) is 0 Å². The Morgan fingerprint density at radius 1 is 0.929 bits per heavy atom. The maximum Gasteiger partial charge on any atom is 0.0249 e. The first-order chi connectivity index (χ1) is 6.92. The minimum Gasteiger partial charge on any atom is -0.315 e. The Morgan fingerprint density at radius 2 is 1.64 bits per heavy atom. The fraction of sp³-hybridized carbons (Fsp3) is 1.00. The monoisotopic (exact) mass is 196 g/mol. The molecule has 0 aromatic rings. The van der Waals surface area contributed by atoms with E-state index in [9.17, 15) is 0 Å². The van der Waals surface area contributed by atoms with E-state index in [1.165, 1.54) is 58.0 Å². The fourth-order valence-corrected chi connectivity index (χ4v) is 3.14. The minimum atomic E-state index is 0.771.